The second-order valence-electron chi connectivity index (χ2n) is 5.07. The Morgan fingerprint density at radius 3 is 2.62 bits per heavy atom. The van der Waals surface area contributed by atoms with Gasteiger partial charge in [-0.2, -0.15) is 0 Å². The molecular weight excluding hydrogens is 262 g/mol. The number of oxazole rings is 1. The van der Waals surface area contributed by atoms with Crippen molar-refractivity contribution in [1.29, 1.82) is 0 Å². The molecule has 0 fully saturated rings. The van der Waals surface area contributed by atoms with E-state index < -0.39 is 0 Å². The molecule has 0 N–H and O–H groups in total. The fraction of sp³-hybridized carbons (Fsp3) is 0.167. The highest BCUT2D eigenvalue weighted by atomic mass is 16.5. The van der Waals surface area contributed by atoms with Crippen LogP contribution in [0, 0.1) is 13.8 Å². The van der Waals surface area contributed by atoms with Crippen LogP contribution in [-0.2, 0) is 6.61 Å². The molecule has 21 heavy (non-hydrogen) atoms. The van der Waals surface area contributed by atoms with E-state index in [0.29, 0.717) is 12.5 Å². The van der Waals surface area contributed by atoms with Gasteiger partial charge in [0.2, 0.25) is 5.89 Å². The summed E-state index contributed by atoms with van der Waals surface area (Å²) in [5, 5.41) is 0. The van der Waals surface area contributed by atoms with Crippen LogP contribution in [0.15, 0.2) is 59.2 Å². The van der Waals surface area contributed by atoms with Gasteiger partial charge in [0.1, 0.15) is 24.3 Å². The van der Waals surface area contributed by atoms with Crippen LogP contribution in [0.5, 0.6) is 5.75 Å². The number of aryl methyl sites for hydroxylation is 2. The number of aromatic nitrogens is 1. The van der Waals surface area contributed by atoms with E-state index in [0.717, 1.165) is 22.6 Å². The lowest BCUT2D eigenvalue weighted by Crippen LogP contribution is -1.97. The number of ether oxygens (including phenoxy) is 1. The highest BCUT2D eigenvalue weighted by Gasteiger charge is 2.07. The van der Waals surface area contributed by atoms with Crippen molar-refractivity contribution in [3.63, 3.8) is 0 Å². The molecule has 0 radical (unpaired) electrons. The second-order valence-corrected chi connectivity index (χ2v) is 5.07. The fourth-order valence-corrected chi connectivity index (χ4v) is 2.20. The largest absolute Gasteiger partial charge is 0.487 e. The minimum atomic E-state index is 0.403. The van der Waals surface area contributed by atoms with Gasteiger partial charge in [-0.1, -0.05) is 35.9 Å². The Morgan fingerprint density at radius 1 is 1.05 bits per heavy atom. The van der Waals surface area contributed by atoms with Gasteiger partial charge in [-0.25, -0.2) is 4.98 Å². The predicted octanol–water partition coefficient (Wildman–Crippen LogP) is 4.54. The average molecular weight is 279 g/mol. The van der Waals surface area contributed by atoms with E-state index in [2.05, 4.69) is 18.0 Å². The Kier molecular flexibility index (Phi) is 3.73. The summed E-state index contributed by atoms with van der Waals surface area (Å²) in [6.07, 6.45) is 1.64. The molecule has 2 aromatic carbocycles. The lowest BCUT2D eigenvalue weighted by atomic mass is 10.1. The summed E-state index contributed by atoms with van der Waals surface area (Å²) in [5.74, 6) is 1.50. The molecular formula is C18H17NO2. The van der Waals surface area contributed by atoms with Gasteiger partial charge in [0.05, 0.1) is 0 Å². The Hall–Kier alpha value is -2.55. The second kappa shape index (κ2) is 5.83. The van der Waals surface area contributed by atoms with Crippen molar-refractivity contribution < 1.29 is 9.15 Å². The molecule has 0 saturated heterocycles. The normalized spacial score (nSPS) is 10.6. The maximum Gasteiger partial charge on any atom is 0.226 e. The monoisotopic (exact) mass is 279 g/mol. The van der Waals surface area contributed by atoms with Crippen LogP contribution in [-0.4, -0.2) is 4.98 Å². The number of nitrogens with zero attached hydrogens (tertiary/aromatic N) is 1. The molecule has 0 atom stereocenters. The van der Waals surface area contributed by atoms with Crippen LogP contribution in [0.3, 0.4) is 0 Å². The molecule has 1 heterocycles. The fourth-order valence-electron chi connectivity index (χ4n) is 2.20. The van der Waals surface area contributed by atoms with Crippen LogP contribution in [0.4, 0.5) is 0 Å². The van der Waals surface area contributed by atoms with E-state index in [4.69, 9.17) is 9.15 Å². The minimum absolute atomic E-state index is 0.403. The summed E-state index contributed by atoms with van der Waals surface area (Å²) >= 11 is 0. The molecule has 1 aromatic heterocycles. The van der Waals surface area contributed by atoms with Crippen molar-refractivity contribution >= 4 is 0 Å². The summed E-state index contributed by atoms with van der Waals surface area (Å²) < 4.78 is 11.3. The zero-order valence-corrected chi connectivity index (χ0v) is 12.2. The topological polar surface area (TPSA) is 35.3 Å². The number of hydrogen-bond acceptors (Lipinski definition) is 3. The number of rotatable bonds is 4. The van der Waals surface area contributed by atoms with Gasteiger partial charge >= 0.3 is 0 Å². The quantitative estimate of drug-likeness (QED) is 0.703. The molecule has 0 unspecified atom stereocenters. The van der Waals surface area contributed by atoms with E-state index in [1.165, 1.54) is 5.56 Å². The molecule has 3 nitrogen and oxygen atoms in total. The lowest BCUT2D eigenvalue weighted by Gasteiger charge is -2.07. The lowest BCUT2D eigenvalue weighted by molar-refractivity contribution is 0.299. The van der Waals surface area contributed by atoms with E-state index in [1.54, 1.807) is 6.26 Å². The molecule has 0 spiro atoms. The molecule has 0 aliphatic rings. The Balaban J connectivity index is 1.70. The minimum Gasteiger partial charge on any atom is -0.487 e. The number of hydrogen-bond donors (Lipinski definition) is 0. The molecule has 0 aliphatic carbocycles. The number of benzene rings is 2. The van der Waals surface area contributed by atoms with Crippen LogP contribution >= 0.6 is 0 Å². The summed E-state index contributed by atoms with van der Waals surface area (Å²) in [5.41, 5.74) is 4.11. The first-order chi connectivity index (χ1) is 10.2. The summed E-state index contributed by atoms with van der Waals surface area (Å²) in [4.78, 5) is 4.45. The third-order valence-corrected chi connectivity index (χ3v) is 3.28. The van der Waals surface area contributed by atoms with Crippen LogP contribution in [0.2, 0.25) is 0 Å². The van der Waals surface area contributed by atoms with Crippen molar-refractivity contribution in [1.82, 2.24) is 4.98 Å². The maximum atomic E-state index is 5.80. The van der Waals surface area contributed by atoms with Gasteiger partial charge in [-0.15, -0.1) is 0 Å². The molecule has 3 rings (SSSR count). The smallest absolute Gasteiger partial charge is 0.226 e. The average Bonchev–Trinajstić information content (AvgIpc) is 2.96. The zero-order valence-electron chi connectivity index (χ0n) is 12.2. The third-order valence-electron chi connectivity index (χ3n) is 3.28. The summed E-state index contributed by atoms with van der Waals surface area (Å²) in [6, 6.07) is 16.0. The van der Waals surface area contributed by atoms with Crippen molar-refractivity contribution in [2.24, 2.45) is 0 Å². The van der Waals surface area contributed by atoms with E-state index >= 15 is 0 Å². The van der Waals surface area contributed by atoms with Crippen LogP contribution in [0.1, 0.15) is 16.8 Å². The Bertz CT molecular complexity index is 732. The summed E-state index contributed by atoms with van der Waals surface area (Å²) in [7, 11) is 0. The highest BCUT2D eigenvalue weighted by Crippen LogP contribution is 2.21. The Labute approximate surface area is 124 Å². The summed E-state index contributed by atoms with van der Waals surface area (Å²) in [6.45, 7) is 4.52. The SMILES string of the molecule is Cc1ccc(OCc2coc(-c3ccccc3)n2)c(C)c1. The molecule has 0 aliphatic heterocycles. The van der Waals surface area contributed by atoms with Gasteiger partial charge in [0.25, 0.3) is 0 Å². The highest BCUT2D eigenvalue weighted by molar-refractivity contribution is 5.52. The third kappa shape index (κ3) is 3.14. The zero-order chi connectivity index (χ0) is 14.7. The van der Waals surface area contributed by atoms with Crippen molar-refractivity contribution in [2.75, 3.05) is 0 Å². The van der Waals surface area contributed by atoms with Crippen molar-refractivity contribution in [3.8, 4) is 17.2 Å². The van der Waals surface area contributed by atoms with E-state index in [-0.39, 0.29) is 0 Å². The van der Waals surface area contributed by atoms with Crippen LogP contribution < -0.4 is 4.74 Å². The van der Waals surface area contributed by atoms with Gasteiger partial charge in [0, 0.05) is 5.56 Å². The van der Waals surface area contributed by atoms with Crippen molar-refractivity contribution in [2.45, 2.75) is 20.5 Å². The van der Waals surface area contributed by atoms with Crippen LogP contribution in [0.25, 0.3) is 11.5 Å². The molecule has 0 amide bonds. The molecule has 0 saturated carbocycles. The molecule has 106 valence electrons. The maximum absolute atomic E-state index is 5.80. The predicted molar refractivity (Wildman–Crippen MR) is 82.2 cm³/mol. The van der Waals surface area contributed by atoms with Gasteiger partial charge in [0.15, 0.2) is 0 Å². The first-order valence-electron chi connectivity index (χ1n) is 6.92. The van der Waals surface area contributed by atoms with Gasteiger partial charge in [-0.3, -0.25) is 0 Å². The molecule has 0 bridgehead atoms. The van der Waals surface area contributed by atoms with E-state index in [1.807, 2.05) is 49.4 Å². The van der Waals surface area contributed by atoms with Crippen molar-refractivity contribution in [3.05, 3.63) is 71.6 Å². The standard InChI is InChI=1S/C18H17NO2/c1-13-8-9-17(14(2)10-13)20-11-16-12-21-18(19-16)15-6-4-3-5-7-15/h3-10,12H,11H2,1-2H3. The molecule has 3 aromatic rings. The van der Waals surface area contributed by atoms with E-state index in [9.17, 15) is 0 Å². The first-order valence-corrected chi connectivity index (χ1v) is 6.92. The first kappa shape index (κ1) is 13.4. The Morgan fingerprint density at radius 2 is 1.86 bits per heavy atom. The van der Waals surface area contributed by atoms with Gasteiger partial charge < -0.3 is 9.15 Å². The molecule has 3 heteroatoms. The van der Waals surface area contributed by atoms with Gasteiger partial charge in [-0.05, 0) is 37.6 Å².